The molecule has 0 spiro atoms. The van der Waals surface area contributed by atoms with E-state index in [0.717, 1.165) is 18.9 Å². The van der Waals surface area contributed by atoms with Crippen molar-refractivity contribution in [2.24, 2.45) is 11.7 Å². The van der Waals surface area contributed by atoms with Gasteiger partial charge in [0.05, 0.1) is 19.0 Å². The fourth-order valence-corrected chi connectivity index (χ4v) is 0.846. The van der Waals surface area contributed by atoms with Gasteiger partial charge in [-0.15, -0.1) is 0 Å². The van der Waals surface area contributed by atoms with Gasteiger partial charge in [-0.25, -0.2) is 4.98 Å². The van der Waals surface area contributed by atoms with Gasteiger partial charge < -0.3 is 16.2 Å². The number of rotatable bonds is 3. The zero-order valence-corrected chi connectivity index (χ0v) is 9.73. The van der Waals surface area contributed by atoms with E-state index in [-0.39, 0.29) is 0 Å². The van der Waals surface area contributed by atoms with Crippen molar-refractivity contribution in [1.82, 2.24) is 4.98 Å². The molecular weight excluding hydrogens is 190 g/mol. The largest absolute Gasteiger partial charge is 0.481 e. The Balaban J connectivity index is 0.000000288. The lowest BCUT2D eigenvalue weighted by Gasteiger charge is -1.96. The monoisotopic (exact) mass is 211 g/mol. The molecule has 0 aromatic carbocycles. The van der Waals surface area contributed by atoms with Crippen LogP contribution in [-0.2, 0) is 0 Å². The summed E-state index contributed by atoms with van der Waals surface area (Å²) in [5.41, 5.74) is 11.2. The summed E-state index contributed by atoms with van der Waals surface area (Å²) in [6, 6.07) is 3.46. The van der Waals surface area contributed by atoms with E-state index in [1.54, 1.807) is 25.4 Å². The zero-order chi connectivity index (χ0) is 11.7. The van der Waals surface area contributed by atoms with Gasteiger partial charge in [-0.1, -0.05) is 13.8 Å². The van der Waals surface area contributed by atoms with Crippen LogP contribution in [0.5, 0.6) is 5.88 Å². The molecule has 0 saturated carbocycles. The van der Waals surface area contributed by atoms with Crippen molar-refractivity contribution >= 4 is 5.69 Å². The molecule has 4 N–H and O–H groups in total. The molecular formula is C11H21N3O. The van der Waals surface area contributed by atoms with Gasteiger partial charge in [0.15, 0.2) is 0 Å². The van der Waals surface area contributed by atoms with Crippen LogP contribution in [0.25, 0.3) is 0 Å². The molecule has 0 aliphatic rings. The van der Waals surface area contributed by atoms with E-state index in [1.165, 1.54) is 0 Å². The van der Waals surface area contributed by atoms with E-state index in [1.807, 2.05) is 0 Å². The highest BCUT2D eigenvalue weighted by molar-refractivity contribution is 5.35. The second-order valence-electron chi connectivity index (χ2n) is 3.61. The van der Waals surface area contributed by atoms with Crippen LogP contribution in [0.4, 0.5) is 5.69 Å². The number of nitrogen functional groups attached to an aromatic ring is 1. The Labute approximate surface area is 91.6 Å². The summed E-state index contributed by atoms with van der Waals surface area (Å²) in [6.07, 6.45) is 2.71. The maximum Gasteiger partial charge on any atom is 0.213 e. The lowest BCUT2D eigenvalue weighted by Crippen LogP contribution is -2.01. The molecule has 15 heavy (non-hydrogen) atoms. The molecule has 1 aromatic rings. The first-order valence-corrected chi connectivity index (χ1v) is 5.05. The molecule has 0 bridgehead atoms. The summed E-state index contributed by atoms with van der Waals surface area (Å²) in [5.74, 6) is 1.36. The minimum atomic E-state index is 0.587. The average molecular weight is 211 g/mol. The third-order valence-corrected chi connectivity index (χ3v) is 1.71. The quantitative estimate of drug-likeness (QED) is 0.797. The minimum Gasteiger partial charge on any atom is -0.481 e. The smallest absolute Gasteiger partial charge is 0.213 e. The van der Waals surface area contributed by atoms with Gasteiger partial charge >= 0.3 is 0 Å². The van der Waals surface area contributed by atoms with Crippen LogP contribution < -0.4 is 16.2 Å². The number of hydrogen-bond donors (Lipinski definition) is 2. The molecule has 0 radical (unpaired) electrons. The van der Waals surface area contributed by atoms with Crippen molar-refractivity contribution in [3.8, 4) is 5.88 Å². The Bertz CT molecular complexity index is 247. The number of pyridine rings is 1. The van der Waals surface area contributed by atoms with E-state index < -0.39 is 0 Å². The van der Waals surface area contributed by atoms with E-state index in [2.05, 4.69) is 18.8 Å². The standard InChI is InChI=1S/C6H8N2O.C5H13N/c1-9-6-3-2-5(7)4-8-6;1-5(2)3-4-6/h2-4H,7H2,1H3;5H,3-4,6H2,1-2H3. The van der Waals surface area contributed by atoms with Crippen LogP contribution >= 0.6 is 0 Å². The van der Waals surface area contributed by atoms with Crippen LogP contribution in [0.3, 0.4) is 0 Å². The fraction of sp³-hybridized carbons (Fsp3) is 0.545. The molecule has 0 unspecified atom stereocenters. The van der Waals surface area contributed by atoms with Crippen molar-refractivity contribution < 1.29 is 4.74 Å². The molecule has 4 heteroatoms. The lowest BCUT2D eigenvalue weighted by atomic mass is 10.1. The lowest BCUT2D eigenvalue weighted by molar-refractivity contribution is 0.398. The van der Waals surface area contributed by atoms with Crippen LogP contribution in [0.2, 0.25) is 0 Å². The van der Waals surface area contributed by atoms with Crippen molar-refractivity contribution in [1.29, 1.82) is 0 Å². The Morgan fingerprint density at radius 2 is 2.07 bits per heavy atom. The van der Waals surface area contributed by atoms with E-state index in [9.17, 15) is 0 Å². The summed E-state index contributed by atoms with van der Waals surface area (Å²) in [7, 11) is 1.57. The normalized spacial score (nSPS) is 9.40. The van der Waals surface area contributed by atoms with Gasteiger partial charge in [-0.3, -0.25) is 0 Å². The third-order valence-electron chi connectivity index (χ3n) is 1.71. The summed E-state index contributed by atoms with van der Waals surface area (Å²) in [6.45, 7) is 5.18. The molecule has 0 atom stereocenters. The van der Waals surface area contributed by atoms with Gasteiger partial charge in [-0.05, 0) is 24.9 Å². The number of aromatic nitrogens is 1. The van der Waals surface area contributed by atoms with Gasteiger partial charge in [0.25, 0.3) is 0 Å². The molecule has 0 fully saturated rings. The van der Waals surface area contributed by atoms with Crippen LogP contribution in [-0.4, -0.2) is 18.6 Å². The Kier molecular flexibility index (Phi) is 7.36. The van der Waals surface area contributed by atoms with Crippen molar-refractivity contribution in [3.05, 3.63) is 18.3 Å². The molecule has 0 aliphatic heterocycles. The second-order valence-corrected chi connectivity index (χ2v) is 3.61. The predicted octanol–water partition coefficient (Wildman–Crippen LogP) is 1.66. The summed E-state index contributed by atoms with van der Waals surface area (Å²) in [4.78, 5) is 3.85. The Hall–Kier alpha value is -1.29. The number of nitrogens with zero attached hydrogens (tertiary/aromatic N) is 1. The molecule has 1 aromatic heterocycles. The van der Waals surface area contributed by atoms with Crippen LogP contribution in [0, 0.1) is 5.92 Å². The second kappa shape index (κ2) is 8.05. The average Bonchev–Trinajstić information content (AvgIpc) is 2.20. The first-order valence-electron chi connectivity index (χ1n) is 5.05. The molecule has 0 amide bonds. The van der Waals surface area contributed by atoms with Crippen LogP contribution in [0.15, 0.2) is 18.3 Å². The van der Waals surface area contributed by atoms with Crippen molar-refractivity contribution in [2.75, 3.05) is 19.4 Å². The van der Waals surface area contributed by atoms with Gasteiger partial charge in [0.2, 0.25) is 5.88 Å². The number of hydrogen-bond acceptors (Lipinski definition) is 4. The highest BCUT2D eigenvalue weighted by atomic mass is 16.5. The molecule has 4 nitrogen and oxygen atoms in total. The van der Waals surface area contributed by atoms with E-state index >= 15 is 0 Å². The molecule has 0 aliphatic carbocycles. The first-order chi connectivity index (χ1) is 7.10. The number of nitrogens with two attached hydrogens (primary N) is 2. The van der Waals surface area contributed by atoms with Crippen molar-refractivity contribution in [2.45, 2.75) is 20.3 Å². The molecule has 0 saturated heterocycles. The predicted molar refractivity (Wildman–Crippen MR) is 63.7 cm³/mol. The fourth-order valence-electron chi connectivity index (χ4n) is 0.846. The zero-order valence-electron chi connectivity index (χ0n) is 9.73. The number of methoxy groups -OCH3 is 1. The molecule has 1 heterocycles. The number of anilines is 1. The van der Waals surface area contributed by atoms with Gasteiger partial charge in [0, 0.05) is 6.07 Å². The number of ether oxygens (including phenoxy) is 1. The Morgan fingerprint density at radius 1 is 1.40 bits per heavy atom. The summed E-state index contributed by atoms with van der Waals surface area (Å²) >= 11 is 0. The molecule has 86 valence electrons. The Morgan fingerprint density at radius 3 is 2.33 bits per heavy atom. The topological polar surface area (TPSA) is 74.2 Å². The highest BCUT2D eigenvalue weighted by Crippen LogP contribution is 2.06. The summed E-state index contributed by atoms with van der Waals surface area (Å²) in [5, 5.41) is 0. The summed E-state index contributed by atoms with van der Waals surface area (Å²) < 4.78 is 4.80. The highest BCUT2D eigenvalue weighted by Gasteiger charge is 1.87. The van der Waals surface area contributed by atoms with Crippen molar-refractivity contribution in [3.63, 3.8) is 0 Å². The van der Waals surface area contributed by atoms with E-state index in [4.69, 9.17) is 16.2 Å². The third kappa shape index (κ3) is 7.76. The molecule has 1 rings (SSSR count). The maximum atomic E-state index is 5.36. The van der Waals surface area contributed by atoms with Gasteiger partial charge in [0.1, 0.15) is 0 Å². The first kappa shape index (κ1) is 13.7. The maximum absolute atomic E-state index is 5.36. The van der Waals surface area contributed by atoms with Gasteiger partial charge in [-0.2, -0.15) is 0 Å². The minimum absolute atomic E-state index is 0.587. The van der Waals surface area contributed by atoms with E-state index in [0.29, 0.717) is 11.6 Å². The van der Waals surface area contributed by atoms with Crippen LogP contribution in [0.1, 0.15) is 20.3 Å². The SMILES string of the molecule is CC(C)CCN.COc1ccc(N)cn1.